The number of rotatable bonds is 3. The van der Waals surface area contributed by atoms with Gasteiger partial charge in [0, 0.05) is 12.1 Å². The summed E-state index contributed by atoms with van der Waals surface area (Å²) in [5.74, 6) is 1.73. The van der Waals surface area contributed by atoms with Crippen LogP contribution < -0.4 is 9.47 Å². The van der Waals surface area contributed by atoms with Crippen LogP contribution in [-0.4, -0.2) is 29.0 Å². The molecule has 0 N–H and O–H groups in total. The molecule has 0 radical (unpaired) electrons. The standard InChI is InChI=1S/C11H11Cl2N3O2/c1-6-14-15-11(13)16(6)8-5-9(17-2)7(12)4-10(8)18-3/h4-5H,1-3H3. The second-order valence-electron chi connectivity index (χ2n) is 3.51. The molecule has 0 aliphatic heterocycles. The van der Waals surface area contributed by atoms with Crippen LogP contribution in [0, 0.1) is 6.92 Å². The molecule has 0 saturated carbocycles. The minimum atomic E-state index is 0.246. The Bertz CT molecular complexity index is 564. The van der Waals surface area contributed by atoms with Crippen molar-refractivity contribution >= 4 is 23.2 Å². The van der Waals surface area contributed by atoms with Gasteiger partial charge in [-0.05, 0) is 18.5 Å². The third kappa shape index (κ3) is 2.11. The van der Waals surface area contributed by atoms with Crippen LogP contribution in [0.25, 0.3) is 5.69 Å². The SMILES string of the molecule is COc1cc(-n2c(C)nnc2Cl)c(OC)cc1Cl. The smallest absolute Gasteiger partial charge is 0.229 e. The number of aromatic nitrogens is 3. The number of ether oxygens (including phenoxy) is 2. The van der Waals surface area contributed by atoms with Crippen LogP contribution in [0.3, 0.4) is 0 Å². The molecule has 1 aromatic heterocycles. The maximum absolute atomic E-state index is 6.04. The summed E-state index contributed by atoms with van der Waals surface area (Å²) < 4.78 is 12.1. The lowest BCUT2D eigenvalue weighted by molar-refractivity contribution is 0.401. The van der Waals surface area contributed by atoms with Crippen LogP contribution in [-0.2, 0) is 0 Å². The number of aryl methyl sites for hydroxylation is 1. The quantitative estimate of drug-likeness (QED) is 0.871. The normalized spacial score (nSPS) is 10.5. The summed E-state index contributed by atoms with van der Waals surface area (Å²) >= 11 is 12.0. The zero-order valence-corrected chi connectivity index (χ0v) is 11.6. The fourth-order valence-corrected chi connectivity index (χ4v) is 2.11. The van der Waals surface area contributed by atoms with E-state index in [1.807, 2.05) is 0 Å². The van der Waals surface area contributed by atoms with Crippen molar-refractivity contribution in [2.24, 2.45) is 0 Å². The predicted molar refractivity (Wildman–Crippen MR) is 69.2 cm³/mol. The van der Waals surface area contributed by atoms with Crippen molar-refractivity contribution in [3.8, 4) is 17.2 Å². The first-order valence-corrected chi connectivity index (χ1v) is 5.83. The van der Waals surface area contributed by atoms with Crippen molar-refractivity contribution in [3.05, 3.63) is 28.3 Å². The van der Waals surface area contributed by atoms with Crippen molar-refractivity contribution in [2.45, 2.75) is 6.92 Å². The summed E-state index contributed by atoms with van der Waals surface area (Å²) in [4.78, 5) is 0. The van der Waals surface area contributed by atoms with E-state index in [9.17, 15) is 0 Å². The molecule has 1 heterocycles. The number of halogens is 2. The number of methoxy groups -OCH3 is 2. The molecule has 18 heavy (non-hydrogen) atoms. The van der Waals surface area contributed by atoms with Gasteiger partial charge in [0.05, 0.1) is 24.9 Å². The first-order chi connectivity index (χ1) is 8.58. The molecule has 0 saturated heterocycles. The average Bonchev–Trinajstić information content (AvgIpc) is 2.69. The molecular weight excluding hydrogens is 277 g/mol. The molecule has 0 atom stereocenters. The Hall–Kier alpha value is -1.46. The molecule has 0 aliphatic rings. The molecule has 0 fully saturated rings. The number of hydrogen-bond acceptors (Lipinski definition) is 4. The lowest BCUT2D eigenvalue weighted by atomic mass is 10.2. The predicted octanol–water partition coefficient (Wildman–Crippen LogP) is 2.90. The Kier molecular flexibility index (Phi) is 3.63. The number of benzene rings is 1. The van der Waals surface area contributed by atoms with Crippen molar-refractivity contribution in [1.82, 2.24) is 14.8 Å². The van der Waals surface area contributed by atoms with Gasteiger partial charge in [-0.3, -0.25) is 4.57 Å². The molecule has 96 valence electrons. The van der Waals surface area contributed by atoms with Crippen LogP contribution in [0.15, 0.2) is 12.1 Å². The van der Waals surface area contributed by atoms with E-state index in [0.29, 0.717) is 28.0 Å². The van der Waals surface area contributed by atoms with Gasteiger partial charge in [0.15, 0.2) is 0 Å². The highest BCUT2D eigenvalue weighted by Gasteiger charge is 2.16. The summed E-state index contributed by atoms with van der Waals surface area (Å²) in [7, 11) is 3.09. The van der Waals surface area contributed by atoms with Crippen LogP contribution in [0.1, 0.15) is 5.82 Å². The monoisotopic (exact) mass is 287 g/mol. The second-order valence-corrected chi connectivity index (χ2v) is 4.26. The van der Waals surface area contributed by atoms with Gasteiger partial charge in [0.1, 0.15) is 17.3 Å². The van der Waals surface area contributed by atoms with Crippen molar-refractivity contribution in [2.75, 3.05) is 14.2 Å². The summed E-state index contributed by atoms with van der Waals surface area (Å²) in [6.07, 6.45) is 0. The lowest BCUT2D eigenvalue weighted by Gasteiger charge is -2.13. The Balaban J connectivity index is 2.69. The zero-order chi connectivity index (χ0) is 13.3. The average molecular weight is 288 g/mol. The van der Waals surface area contributed by atoms with Gasteiger partial charge in [0.2, 0.25) is 5.28 Å². The Morgan fingerprint density at radius 2 is 1.72 bits per heavy atom. The van der Waals surface area contributed by atoms with Gasteiger partial charge in [-0.1, -0.05) is 11.6 Å². The molecular formula is C11H11Cl2N3O2. The van der Waals surface area contributed by atoms with E-state index >= 15 is 0 Å². The molecule has 2 rings (SSSR count). The molecule has 7 heteroatoms. The highest BCUT2D eigenvalue weighted by molar-refractivity contribution is 6.32. The van der Waals surface area contributed by atoms with Crippen molar-refractivity contribution < 1.29 is 9.47 Å². The van der Waals surface area contributed by atoms with Gasteiger partial charge < -0.3 is 9.47 Å². The summed E-state index contributed by atoms with van der Waals surface area (Å²) in [5, 5.41) is 8.40. The van der Waals surface area contributed by atoms with Gasteiger partial charge in [-0.2, -0.15) is 0 Å². The first kappa shape index (κ1) is 13.0. The largest absolute Gasteiger partial charge is 0.495 e. The van der Waals surface area contributed by atoms with Crippen LogP contribution in [0.4, 0.5) is 0 Å². The van der Waals surface area contributed by atoms with Crippen molar-refractivity contribution in [1.29, 1.82) is 0 Å². The van der Waals surface area contributed by atoms with Crippen molar-refractivity contribution in [3.63, 3.8) is 0 Å². The van der Waals surface area contributed by atoms with E-state index in [2.05, 4.69) is 10.2 Å². The maximum atomic E-state index is 6.04. The molecule has 0 aliphatic carbocycles. The minimum Gasteiger partial charge on any atom is -0.495 e. The van der Waals surface area contributed by atoms with Crippen LogP contribution in [0.2, 0.25) is 10.3 Å². The third-order valence-corrected chi connectivity index (χ3v) is 3.02. The highest BCUT2D eigenvalue weighted by atomic mass is 35.5. The third-order valence-electron chi connectivity index (χ3n) is 2.48. The van der Waals surface area contributed by atoms with Gasteiger partial charge >= 0.3 is 0 Å². The summed E-state index contributed by atoms with van der Waals surface area (Å²) in [5.41, 5.74) is 0.672. The van der Waals surface area contributed by atoms with E-state index in [4.69, 9.17) is 32.7 Å². The Morgan fingerprint density at radius 1 is 1.06 bits per heavy atom. The van der Waals surface area contributed by atoms with E-state index in [1.54, 1.807) is 30.7 Å². The van der Waals surface area contributed by atoms with Gasteiger partial charge in [0.25, 0.3) is 0 Å². The lowest BCUT2D eigenvalue weighted by Crippen LogP contribution is -2.01. The minimum absolute atomic E-state index is 0.246. The van der Waals surface area contributed by atoms with Crippen LogP contribution in [0.5, 0.6) is 11.5 Å². The Morgan fingerprint density at radius 3 is 2.22 bits per heavy atom. The topological polar surface area (TPSA) is 49.2 Å². The van der Waals surface area contributed by atoms with E-state index in [0.717, 1.165) is 0 Å². The molecule has 5 nitrogen and oxygen atoms in total. The second kappa shape index (κ2) is 5.04. The summed E-state index contributed by atoms with van der Waals surface area (Å²) in [6, 6.07) is 3.38. The van der Waals surface area contributed by atoms with E-state index in [-0.39, 0.29) is 5.28 Å². The van der Waals surface area contributed by atoms with Gasteiger partial charge in [-0.25, -0.2) is 0 Å². The van der Waals surface area contributed by atoms with E-state index < -0.39 is 0 Å². The van der Waals surface area contributed by atoms with E-state index in [1.165, 1.54) is 7.11 Å². The molecule has 0 unspecified atom stereocenters. The Labute approximate surface area is 114 Å². The molecule has 0 amide bonds. The van der Waals surface area contributed by atoms with Gasteiger partial charge in [-0.15, -0.1) is 10.2 Å². The number of nitrogens with zero attached hydrogens (tertiary/aromatic N) is 3. The fraction of sp³-hybridized carbons (Fsp3) is 0.273. The zero-order valence-electron chi connectivity index (χ0n) is 10.1. The number of hydrogen-bond donors (Lipinski definition) is 0. The highest BCUT2D eigenvalue weighted by Crippen LogP contribution is 2.36. The maximum Gasteiger partial charge on any atom is 0.229 e. The molecule has 2 aromatic rings. The summed E-state index contributed by atoms with van der Waals surface area (Å²) in [6.45, 7) is 1.79. The first-order valence-electron chi connectivity index (χ1n) is 5.08. The van der Waals surface area contributed by atoms with Crippen LogP contribution >= 0.6 is 23.2 Å². The molecule has 0 bridgehead atoms. The molecule has 1 aromatic carbocycles. The molecule has 0 spiro atoms. The fourth-order valence-electron chi connectivity index (χ4n) is 1.63.